The molecule has 0 aromatic rings. The van der Waals surface area contributed by atoms with Crippen LogP contribution in [0.1, 0.15) is 0 Å². The SMILES string of the molecule is OCC(O)C(O)(O)O. The fourth-order valence-electron chi connectivity index (χ4n) is 0.122. The normalized spacial score (nSPS) is 16.1. The Kier molecular flexibility index (Phi) is 2.32. The Balaban J connectivity index is 3.62. The lowest BCUT2D eigenvalue weighted by atomic mass is 10.3. The van der Waals surface area contributed by atoms with Crippen molar-refractivity contribution in [2.45, 2.75) is 12.1 Å². The zero-order chi connectivity index (χ0) is 6.78. The van der Waals surface area contributed by atoms with Gasteiger partial charge < -0.3 is 25.5 Å². The molecule has 0 aliphatic carbocycles. The molecule has 0 aromatic heterocycles. The van der Waals surface area contributed by atoms with Gasteiger partial charge in [-0.1, -0.05) is 0 Å². The predicted octanol–water partition coefficient (Wildman–Crippen LogP) is -3.03. The molecule has 0 aliphatic heterocycles. The van der Waals surface area contributed by atoms with E-state index < -0.39 is 18.7 Å². The maximum absolute atomic E-state index is 8.19. The molecule has 50 valence electrons. The van der Waals surface area contributed by atoms with Gasteiger partial charge in [-0.15, -0.1) is 0 Å². The molecule has 1 unspecified atom stereocenters. The van der Waals surface area contributed by atoms with Gasteiger partial charge in [0.05, 0.1) is 6.61 Å². The van der Waals surface area contributed by atoms with E-state index >= 15 is 0 Å². The van der Waals surface area contributed by atoms with Crippen molar-refractivity contribution in [3.05, 3.63) is 0 Å². The second kappa shape index (κ2) is 2.38. The second-order valence-corrected chi connectivity index (χ2v) is 1.39. The first kappa shape index (κ1) is 7.80. The molecule has 0 spiro atoms. The Morgan fingerprint density at radius 3 is 1.62 bits per heavy atom. The number of hydrogen-bond acceptors (Lipinski definition) is 5. The molecule has 0 fully saturated rings. The molecule has 0 bridgehead atoms. The third kappa shape index (κ3) is 2.20. The maximum Gasteiger partial charge on any atom is 0.305 e. The van der Waals surface area contributed by atoms with Gasteiger partial charge in [0.15, 0.2) is 6.10 Å². The first-order chi connectivity index (χ1) is 3.48. The van der Waals surface area contributed by atoms with Gasteiger partial charge >= 0.3 is 5.97 Å². The number of aliphatic hydroxyl groups is 5. The summed E-state index contributed by atoms with van der Waals surface area (Å²) < 4.78 is 0. The standard InChI is InChI=1S/C3H8O5/c4-1-2(5)3(6,7)8/h2,4-8H,1H2. The van der Waals surface area contributed by atoms with Gasteiger partial charge in [0.25, 0.3) is 0 Å². The zero-order valence-electron chi connectivity index (χ0n) is 4.02. The van der Waals surface area contributed by atoms with E-state index in [0.29, 0.717) is 0 Å². The Morgan fingerprint density at radius 1 is 1.25 bits per heavy atom. The van der Waals surface area contributed by atoms with Crippen LogP contribution in [0.4, 0.5) is 0 Å². The molecular weight excluding hydrogens is 116 g/mol. The molecule has 0 saturated heterocycles. The van der Waals surface area contributed by atoms with E-state index in [1.54, 1.807) is 0 Å². The van der Waals surface area contributed by atoms with Crippen molar-refractivity contribution in [3.8, 4) is 0 Å². The fraction of sp³-hybridized carbons (Fsp3) is 1.00. The Hall–Kier alpha value is -0.200. The molecule has 5 N–H and O–H groups in total. The molecule has 0 aromatic carbocycles. The second-order valence-electron chi connectivity index (χ2n) is 1.39. The van der Waals surface area contributed by atoms with E-state index in [1.165, 1.54) is 0 Å². The van der Waals surface area contributed by atoms with Crippen molar-refractivity contribution in [2.24, 2.45) is 0 Å². The number of hydrogen-bond donors (Lipinski definition) is 5. The highest BCUT2D eigenvalue weighted by molar-refractivity contribution is 4.59. The van der Waals surface area contributed by atoms with Crippen LogP contribution in [0.25, 0.3) is 0 Å². The predicted molar refractivity (Wildman–Crippen MR) is 22.5 cm³/mol. The van der Waals surface area contributed by atoms with Crippen LogP contribution in [0.2, 0.25) is 0 Å². The minimum absolute atomic E-state index is 0.899. The number of aliphatic hydroxyl groups excluding tert-OH is 2. The summed E-state index contributed by atoms with van der Waals surface area (Å²) in [5, 5.41) is 40.1. The Morgan fingerprint density at radius 2 is 1.62 bits per heavy atom. The van der Waals surface area contributed by atoms with Crippen molar-refractivity contribution in [2.75, 3.05) is 6.61 Å². The van der Waals surface area contributed by atoms with E-state index in [9.17, 15) is 0 Å². The minimum Gasteiger partial charge on any atom is -0.393 e. The quantitative estimate of drug-likeness (QED) is 0.252. The molecule has 0 aliphatic rings. The first-order valence-electron chi connectivity index (χ1n) is 1.94. The summed E-state index contributed by atoms with van der Waals surface area (Å²) in [5.74, 6) is -3.19. The molecule has 0 heterocycles. The van der Waals surface area contributed by atoms with E-state index in [4.69, 9.17) is 25.5 Å². The first-order valence-corrected chi connectivity index (χ1v) is 1.94. The third-order valence-corrected chi connectivity index (χ3v) is 0.620. The van der Waals surface area contributed by atoms with Crippen LogP contribution < -0.4 is 0 Å². The van der Waals surface area contributed by atoms with Crippen molar-refractivity contribution >= 4 is 0 Å². The van der Waals surface area contributed by atoms with E-state index in [1.807, 2.05) is 0 Å². The van der Waals surface area contributed by atoms with Crippen LogP contribution >= 0.6 is 0 Å². The zero-order valence-corrected chi connectivity index (χ0v) is 4.02. The molecule has 1 atom stereocenters. The summed E-state index contributed by atoms with van der Waals surface area (Å²) in [5.41, 5.74) is 0. The molecular formula is C3H8O5. The van der Waals surface area contributed by atoms with Crippen molar-refractivity contribution < 1.29 is 25.5 Å². The Bertz CT molecular complexity index is 64.6. The fourth-order valence-corrected chi connectivity index (χ4v) is 0.122. The monoisotopic (exact) mass is 124 g/mol. The van der Waals surface area contributed by atoms with Gasteiger partial charge in [-0.3, -0.25) is 0 Å². The lowest BCUT2D eigenvalue weighted by molar-refractivity contribution is -0.358. The average molecular weight is 124 g/mol. The van der Waals surface area contributed by atoms with Crippen LogP contribution in [0.3, 0.4) is 0 Å². The van der Waals surface area contributed by atoms with E-state index in [2.05, 4.69) is 0 Å². The van der Waals surface area contributed by atoms with Gasteiger partial charge in [-0.05, 0) is 0 Å². The van der Waals surface area contributed by atoms with Gasteiger partial charge in [0, 0.05) is 0 Å². The number of rotatable bonds is 2. The smallest absolute Gasteiger partial charge is 0.305 e. The van der Waals surface area contributed by atoms with Crippen LogP contribution in [-0.2, 0) is 0 Å². The summed E-state index contributed by atoms with van der Waals surface area (Å²) >= 11 is 0. The van der Waals surface area contributed by atoms with Gasteiger partial charge in [0.2, 0.25) is 0 Å². The van der Waals surface area contributed by atoms with Crippen LogP contribution in [0, 0.1) is 0 Å². The largest absolute Gasteiger partial charge is 0.393 e. The van der Waals surface area contributed by atoms with Gasteiger partial charge in [-0.2, -0.15) is 0 Å². The summed E-state index contributed by atoms with van der Waals surface area (Å²) in [6.45, 7) is -0.899. The van der Waals surface area contributed by atoms with Crippen molar-refractivity contribution in [1.82, 2.24) is 0 Å². The van der Waals surface area contributed by atoms with Crippen molar-refractivity contribution in [3.63, 3.8) is 0 Å². The molecule has 5 nitrogen and oxygen atoms in total. The summed E-state index contributed by atoms with van der Waals surface area (Å²) in [6, 6.07) is 0. The molecule has 0 rings (SSSR count). The molecule has 5 heteroatoms. The minimum atomic E-state index is -3.19. The highest BCUT2D eigenvalue weighted by Crippen LogP contribution is 1.98. The Labute approximate surface area is 45.4 Å². The molecule has 8 heavy (non-hydrogen) atoms. The highest BCUT2D eigenvalue weighted by atomic mass is 16.7. The average Bonchev–Trinajstić information content (AvgIpc) is 1.62. The van der Waals surface area contributed by atoms with Gasteiger partial charge in [0.1, 0.15) is 0 Å². The lowest BCUT2D eigenvalue weighted by Gasteiger charge is -2.17. The van der Waals surface area contributed by atoms with Crippen LogP contribution in [-0.4, -0.2) is 44.2 Å². The summed E-state index contributed by atoms with van der Waals surface area (Å²) in [7, 11) is 0. The summed E-state index contributed by atoms with van der Waals surface area (Å²) in [6.07, 6.45) is -1.93. The van der Waals surface area contributed by atoms with E-state index in [-0.39, 0.29) is 0 Å². The van der Waals surface area contributed by atoms with Gasteiger partial charge in [-0.25, -0.2) is 0 Å². The maximum atomic E-state index is 8.19. The summed E-state index contributed by atoms with van der Waals surface area (Å²) in [4.78, 5) is 0. The lowest BCUT2D eigenvalue weighted by Crippen LogP contribution is -2.43. The van der Waals surface area contributed by atoms with Crippen LogP contribution in [0.5, 0.6) is 0 Å². The van der Waals surface area contributed by atoms with Crippen molar-refractivity contribution in [1.29, 1.82) is 0 Å². The molecule has 0 radical (unpaired) electrons. The molecule has 0 amide bonds. The third-order valence-electron chi connectivity index (χ3n) is 0.620. The topological polar surface area (TPSA) is 101 Å². The molecule has 0 saturated carbocycles. The van der Waals surface area contributed by atoms with Crippen LogP contribution in [0.15, 0.2) is 0 Å². The van der Waals surface area contributed by atoms with E-state index in [0.717, 1.165) is 0 Å². The highest BCUT2D eigenvalue weighted by Gasteiger charge is 2.28.